The minimum Gasteiger partial charge on any atom is -0.466 e. The Kier molecular flexibility index (Phi) is 5.47. The van der Waals surface area contributed by atoms with E-state index in [2.05, 4.69) is 5.32 Å². The molecule has 2 aromatic carbocycles. The molecule has 2 fully saturated rings. The van der Waals surface area contributed by atoms with Crippen LogP contribution in [0, 0.1) is 5.92 Å². The minimum atomic E-state index is -1.08. The number of rotatable bonds is 5. The molecule has 3 amide bonds. The van der Waals surface area contributed by atoms with Crippen LogP contribution in [0.3, 0.4) is 0 Å². The number of piperidine rings is 1. The number of hydrogen-bond acceptors (Lipinski definition) is 4. The summed E-state index contributed by atoms with van der Waals surface area (Å²) in [5.74, 6) is -0.460. The summed E-state index contributed by atoms with van der Waals surface area (Å²) in [7, 11) is 0. The zero-order valence-electron chi connectivity index (χ0n) is 17.4. The Morgan fingerprint density at radius 2 is 1.87 bits per heavy atom. The van der Waals surface area contributed by atoms with Crippen LogP contribution in [-0.2, 0) is 19.9 Å². The lowest BCUT2D eigenvalue weighted by molar-refractivity contribution is -0.913. The van der Waals surface area contributed by atoms with Gasteiger partial charge in [-0.1, -0.05) is 36.4 Å². The fourth-order valence-corrected chi connectivity index (χ4v) is 4.44. The van der Waals surface area contributed by atoms with Crippen molar-refractivity contribution in [3.8, 4) is 0 Å². The van der Waals surface area contributed by atoms with Gasteiger partial charge < -0.3 is 15.0 Å². The van der Waals surface area contributed by atoms with Crippen molar-refractivity contribution in [1.82, 2.24) is 10.2 Å². The number of amides is 3. The Bertz CT molecular complexity index is 983. The quantitative estimate of drug-likeness (QED) is 0.577. The second kappa shape index (κ2) is 8.07. The smallest absolute Gasteiger partial charge is 0.329 e. The van der Waals surface area contributed by atoms with Gasteiger partial charge in [-0.2, -0.15) is 0 Å². The Balaban J connectivity index is 1.45. The second-order valence-electron chi connectivity index (χ2n) is 8.28. The number of carbonyl (C=O) groups is 3. The van der Waals surface area contributed by atoms with Gasteiger partial charge in [-0.3, -0.25) is 9.59 Å². The monoisotopic (exact) mass is 410 g/mol. The molecule has 2 aliphatic rings. The first-order valence-electron chi connectivity index (χ1n) is 10.6. The number of hydrogen-bond donors (Lipinski definition) is 2. The number of nitrogens with zero attached hydrogens (tertiary/aromatic N) is 1. The van der Waals surface area contributed by atoms with E-state index in [1.165, 1.54) is 4.90 Å². The predicted octanol–water partition coefficient (Wildman–Crippen LogP) is 1.42. The van der Waals surface area contributed by atoms with E-state index in [9.17, 15) is 14.4 Å². The van der Waals surface area contributed by atoms with Gasteiger partial charge in [0.25, 0.3) is 5.91 Å². The minimum absolute atomic E-state index is 0.0836. The highest BCUT2D eigenvalue weighted by Gasteiger charge is 2.50. The maximum atomic E-state index is 13.3. The van der Waals surface area contributed by atoms with E-state index >= 15 is 0 Å². The molecule has 30 heavy (non-hydrogen) atoms. The van der Waals surface area contributed by atoms with Gasteiger partial charge in [0.2, 0.25) is 0 Å². The fraction of sp³-hybridized carbons (Fsp3) is 0.435. The molecule has 7 heteroatoms. The summed E-state index contributed by atoms with van der Waals surface area (Å²) in [6, 6.07) is 13.4. The van der Waals surface area contributed by atoms with E-state index < -0.39 is 5.54 Å². The molecular formula is C23H28N3O4+. The first-order chi connectivity index (χ1) is 14.4. The average Bonchev–Trinajstić information content (AvgIpc) is 2.98. The van der Waals surface area contributed by atoms with E-state index in [1.54, 1.807) is 6.92 Å². The number of nitrogens with one attached hydrogen (secondary N) is 2. The first-order valence-corrected chi connectivity index (χ1v) is 10.6. The summed E-state index contributed by atoms with van der Waals surface area (Å²) in [4.78, 5) is 40.3. The van der Waals surface area contributed by atoms with Crippen LogP contribution >= 0.6 is 0 Å². The van der Waals surface area contributed by atoms with E-state index in [-0.39, 0.29) is 23.8 Å². The summed E-state index contributed by atoms with van der Waals surface area (Å²) in [6.45, 7) is 5.73. The highest BCUT2D eigenvalue weighted by molar-refractivity contribution is 6.07. The largest absolute Gasteiger partial charge is 0.466 e. The molecule has 0 spiro atoms. The van der Waals surface area contributed by atoms with Gasteiger partial charge in [0.05, 0.1) is 25.6 Å². The SMILES string of the molecule is CCOC(=O)C1CC[NH+](CN2C(=O)N[C@@](C)(c3ccc4ccccc4c3)C2=O)CC1. The van der Waals surface area contributed by atoms with Crippen molar-refractivity contribution in [1.29, 1.82) is 0 Å². The number of imide groups is 1. The van der Waals surface area contributed by atoms with Crippen molar-refractivity contribution in [2.75, 3.05) is 26.4 Å². The lowest BCUT2D eigenvalue weighted by atomic mass is 9.90. The van der Waals surface area contributed by atoms with Crippen LogP contribution in [0.1, 0.15) is 32.3 Å². The highest BCUT2D eigenvalue weighted by Crippen LogP contribution is 2.30. The van der Waals surface area contributed by atoms with Gasteiger partial charge >= 0.3 is 12.0 Å². The molecular weight excluding hydrogens is 382 g/mol. The van der Waals surface area contributed by atoms with E-state index in [4.69, 9.17) is 4.74 Å². The summed E-state index contributed by atoms with van der Waals surface area (Å²) >= 11 is 0. The Morgan fingerprint density at radius 3 is 2.57 bits per heavy atom. The van der Waals surface area contributed by atoms with Crippen molar-refractivity contribution < 1.29 is 24.0 Å². The van der Waals surface area contributed by atoms with Crippen LogP contribution in [0.4, 0.5) is 4.79 Å². The maximum Gasteiger partial charge on any atom is 0.329 e. The number of carbonyl (C=O) groups excluding carboxylic acids is 3. The van der Waals surface area contributed by atoms with Crippen molar-refractivity contribution in [3.63, 3.8) is 0 Å². The third-order valence-electron chi connectivity index (χ3n) is 6.30. The van der Waals surface area contributed by atoms with E-state index in [0.717, 1.165) is 34.3 Å². The molecule has 0 aliphatic carbocycles. The summed E-state index contributed by atoms with van der Waals surface area (Å²) in [5, 5.41) is 5.02. The highest BCUT2D eigenvalue weighted by atomic mass is 16.5. The summed E-state index contributed by atoms with van der Waals surface area (Å²) < 4.78 is 5.11. The molecule has 0 bridgehead atoms. The molecule has 4 rings (SSSR count). The second-order valence-corrected chi connectivity index (χ2v) is 8.28. The normalized spacial score (nSPS) is 26.7. The number of esters is 1. The lowest BCUT2D eigenvalue weighted by Gasteiger charge is -2.30. The topological polar surface area (TPSA) is 80.2 Å². The molecule has 0 aromatic heterocycles. The van der Waals surface area contributed by atoms with Gasteiger partial charge in [0.1, 0.15) is 5.54 Å². The molecule has 158 valence electrons. The summed E-state index contributed by atoms with van der Waals surface area (Å²) in [5.41, 5.74) is -0.304. The van der Waals surface area contributed by atoms with Crippen LogP contribution in [0.2, 0.25) is 0 Å². The number of likely N-dealkylation sites (tertiary alicyclic amines) is 1. The van der Waals surface area contributed by atoms with Crippen LogP contribution in [0.25, 0.3) is 10.8 Å². The molecule has 2 aromatic rings. The predicted molar refractivity (Wildman–Crippen MR) is 112 cm³/mol. The first kappa shape index (κ1) is 20.3. The van der Waals surface area contributed by atoms with Gasteiger partial charge in [0.15, 0.2) is 6.67 Å². The Hall–Kier alpha value is -2.93. The van der Waals surface area contributed by atoms with Gasteiger partial charge in [-0.05, 0) is 36.2 Å². The van der Waals surface area contributed by atoms with E-state index in [1.807, 2.05) is 49.4 Å². The number of ether oxygens (including phenoxy) is 1. The standard InChI is InChI=1S/C23H27N3O4/c1-3-30-20(27)17-10-12-25(13-11-17)15-26-21(28)23(2,24-22(26)29)19-9-8-16-6-4-5-7-18(16)14-19/h4-9,14,17H,3,10-13,15H2,1-2H3,(H,24,29)/p+1/t23-/m0/s1. The van der Waals surface area contributed by atoms with Crippen LogP contribution in [0.5, 0.6) is 0 Å². The van der Waals surface area contributed by atoms with Crippen molar-refractivity contribution in [3.05, 3.63) is 48.0 Å². The average molecular weight is 410 g/mol. The molecule has 0 radical (unpaired) electrons. The van der Waals surface area contributed by atoms with Crippen LogP contribution in [-0.4, -0.2) is 49.2 Å². The third-order valence-corrected chi connectivity index (χ3v) is 6.30. The molecule has 2 aliphatic heterocycles. The Morgan fingerprint density at radius 1 is 1.17 bits per heavy atom. The van der Waals surface area contributed by atoms with Crippen molar-refractivity contribution >= 4 is 28.7 Å². The van der Waals surface area contributed by atoms with Gasteiger partial charge in [-0.25, -0.2) is 9.69 Å². The molecule has 1 atom stereocenters. The zero-order chi connectivity index (χ0) is 21.3. The molecule has 0 unspecified atom stereocenters. The molecule has 2 saturated heterocycles. The number of urea groups is 1. The van der Waals surface area contributed by atoms with Gasteiger partial charge in [-0.15, -0.1) is 0 Å². The number of quaternary nitrogens is 1. The molecule has 0 saturated carbocycles. The maximum absolute atomic E-state index is 13.3. The Labute approximate surface area is 176 Å². The molecule has 7 nitrogen and oxygen atoms in total. The zero-order valence-corrected chi connectivity index (χ0v) is 17.4. The lowest BCUT2D eigenvalue weighted by Crippen LogP contribution is -3.14. The fourth-order valence-electron chi connectivity index (χ4n) is 4.44. The van der Waals surface area contributed by atoms with Crippen LogP contribution < -0.4 is 10.2 Å². The van der Waals surface area contributed by atoms with Crippen molar-refractivity contribution in [2.24, 2.45) is 5.92 Å². The summed E-state index contributed by atoms with van der Waals surface area (Å²) in [6.07, 6.45) is 1.42. The van der Waals surface area contributed by atoms with Crippen molar-refractivity contribution in [2.45, 2.75) is 32.2 Å². The molecule has 2 heterocycles. The third kappa shape index (κ3) is 3.65. The molecule has 2 N–H and O–H groups in total. The number of benzene rings is 2. The van der Waals surface area contributed by atoms with Crippen LogP contribution in [0.15, 0.2) is 42.5 Å². The number of fused-ring (bicyclic) bond motifs is 1. The van der Waals surface area contributed by atoms with Gasteiger partial charge in [0, 0.05) is 12.8 Å². The van der Waals surface area contributed by atoms with E-state index in [0.29, 0.717) is 26.1 Å².